The van der Waals surface area contributed by atoms with Crippen molar-refractivity contribution in [2.75, 3.05) is 0 Å². The molecule has 4 aromatic rings. The molecule has 0 N–H and O–H groups in total. The van der Waals surface area contributed by atoms with E-state index in [0.717, 1.165) is 23.1 Å². The van der Waals surface area contributed by atoms with Crippen LogP contribution in [0, 0.1) is 13.5 Å². The van der Waals surface area contributed by atoms with Gasteiger partial charge in [0.2, 0.25) is 0 Å². The maximum Gasteiger partial charge on any atom is 0.416 e. The summed E-state index contributed by atoms with van der Waals surface area (Å²) in [6.07, 6.45) is -9.12. The van der Waals surface area contributed by atoms with Crippen LogP contribution in [0.25, 0.3) is 26.2 Å². The van der Waals surface area contributed by atoms with Crippen molar-refractivity contribution in [2.45, 2.75) is 25.8 Å². The predicted octanol–water partition coefficient (Wildman–Crippen LogP) is 8.31. The van der Waals surface area contributed by atoms with Gasteiger partial charge in [0.25, 0.3) is 0 Å². The summed E-state index contributed by atoms with van der Waals surface area (Å²) in [4.78, 5) is 4.42. The molecule has 0 aliphatic rings. The molecule has 0 unspecified atom stereocenters. The Morgan fingerprint density at radius 1 is 0.938 bits per heavy atom. The third kappa shape index (κ3) is 3.98. The molecule has 0 spiro atoms. The SMILES string of the molecule is [C-]#[N+]c1ccc2c(cc(C)n2Cc2ccc(-c3cccc(C(F)(F)F)c3)s2)c1C(F)(F)F. The summed E-state index contributed by atoms with van der Waals surface area (Å²) >= 11 is 1.28. The monoisotopic (exact) mass is 464 g/mol. The highest BCUT2D eigenvalue weighted by atomic mass is 32.1. The van der Waals surface area contributed by atoms with E-state index >= 15 is 0 Å². The van der Waals surface area contributed by atoms with Gasteiger partial charge in [-0.1, -0.05) is 18.2 Å². The molecule has 32 heavy (non-hydrogen) atoms. The maximum absolute atomic E-state index is 13.6. The Labute approximate surface area is 183 Å². The van der Waals surface area contributed by atoms with Gasteiger partial charge in [-0.05, 0) is 48.9 Å². The van der Waals surface area contributed by atoms with E-state index in [1.54, 1.807) is 29.7 Å². The van der Waals surface area contributed by atoms with E-state index in [2.05, 4.69) is 4.85 Å². The Bertz CT molecular complexity index is 1350. The van der Waals surface area contributed by atoms with E-state index in [0.29, 0.717) is 21.7 Å². The molecule has 2 aromatic heterocycles. The van der Waals surface area contributed by atoms with Crippen molar-refractivity contribution in [2.24, 2.45) is 0 Å². The molecule has 2 aromatic carbocycles. The number of aryl methyl sites for hydroxylation is 1. The quantitative estimate of drug-likeness (QED) is 0.213. The van der Waals surface area contributed by atoms with Gasteiger partial charge in [-0.2, -0.15) is 26.3 Å². The molecule has 0 bridgehead atoms. The normalized spacial score (nSPS) is 12.3. The molecule has 0 aliphatic carbocycles. The summed E-state index contributed by atoms with van der Waals surface area (Å²) in [5.74, 6) is 0. The minimum absolute atomic E-state index is 0.0434. The Hall–Kier alpha value is -3.25. The average molecular weight is 464 g/mol. The lowest BCUT2D eigenvalue weighted by Gasteiger charge is -2.12. The second kappa shape index (κ2) is 7.71. The van der Waals surface area contributed by atoms with Crippen molar-refractivity contribution in [1.82, 2.24) is 4.57 Å². The standard InChI is InChI=1S/C23H14F6N2S/c1-13-10-17-19(8-7-18(30-2)21(17)23(27,28)29)31(13)12-16-6-9-20(32-16)14-4-3-5-15(11-14)22(24,25)26/h3-11H,12H2,1H3. The zero-order valence-electron chi connectivity index (χ0n) is 16.5. The summed E-state index contributed by atoms with van der Waals surface area (Å²) in [5.41, 5.74) is -0.801. The Morgan fingerprint density at radius 3 is 2.34 bits per heavy atom. The minimum Gasteiger partial charge on any atom is -0.340 e. The number of thiophene rings is 1. The lowest BCUT2D eigenvalue weighted by atomic mass is 10.1. The van der Waals surface area contributed by atoms with Crippen LogP contribution in [0.3, 0.4) is 0 Å². The van der Waals surface area contributed by atoms with Crippen LogP contribution in [-0.4, -0.2) is 4.57 Å². The van der Waals surface area contributed by atoms with Crippen LogP contribution in [0.4, 0.5) is 32.0 Å². The molecular weight excluding hydrogens is 450 g/mol. The van der Waals surface area contributed by atoms with Crippen LogP contribution in [0.5, 0.6) is 0 Å². The molecule has 9 heteroatoms. The first-order valence-corrected chi connectivity index (χ1v) is 10.1. The molecule has 2 heterocycles. The van der Waals surface area contributed by atoms with E-state index < -0.39 is 29.2 Å². The first-order chi connectivity index (χ1) is 15.0. The van der Waals surface area contributed by atoms with Crippen LogP contribution < -0.4 is 0 Å². The number of halogens is 6. The molecule has 0 saturated heterocycles. The van der Waals surface area contributed by atoms with Crippen LogP contribution in [-0.2, 0) is 18.9 Å². The highest BCUT2D eigenvalue weighted by Crippen LogP contribution is 2.43. The van der Waals surface area contributed by atoms with Gasteiger partial charge in [0.1, 0.15) is 0 Å². The van der Waals surface area contributed by atoms with Crippen molar-refractivity contribution in [3.8, 4) is 10.4 Å². The fourth-order valence-electron chi connectivity index (χ4n) is 3.68. The number of nitrogens with zero attached hydrogens (tertiary/aromatic N) is 2. The fourth-order valence-corrected chi connectivity index (χ4v) is 4.67. The largest absolute Gasteiger partial charge is 0.416 e. The van der Waals surface area contributed by atoms with E-state index in [9.17, 15) is 26.3 Å². The topological polar surface area (TPSA) is 9.29 Å². The van der Waals surface area contributed by atoms with E-state index in [1.807, 2.05) is 0 Å². The number of fused-ring (bicyclic) bond motifs is 1. The molecular formula is C23H14F6N2S. The summed E-state index contributed by atoms with van der Waals surface area (Å²) in [6, 6.07) is 12.5. The minimum atomic E-state index is -4.67. The number of aromatic nitrogens is 1. The van der Waals surface area contributed by atoms with Gasteiger partial charge in [-0.3, -0.25) is 0 Å². The lowest BCUT2D eigenvalue weighted by Crippen LogP contribution is -2.06. The second-order valence-corrected chi connectivity index (χ2v) is 8.39. The van der Waals surface area contributed by atoms with Gasteiger partial charge in [0.15, 0.2) is 5.69 Å². The average Bonchev–Trinajstić information content (AvgIpc) is 3.31. The highest BCUT2D eigenvalue weighted by Gasteiger charge is 2.36. The molecule has 164 valence electrons. The van der Waals surface area contributed by atoms with Crippen molar-refractivity contribution in [1.29, 1.82) is 0 Å². The smallest absolute Gasteiger partial charge is 0.340 e. The third-order valence-electron chi connectivity index (χ3n) is 5.12. The molecule has 0 atom stereocenters. The first-order valence-electron chi connectivity index (χ1n) is 9.33. The van der Waals surface area contributed by atoms with Crippen LogP contribution >= 0.6 is 11.3 Å². The molecule has 0 saturated carbocycles. The van der Waals surface area contributed by atoms with Crippen LogP contribution in [0.2, 0.25) is 0 Å². The highest BCUT2D eigenvalue weighted by molar-refractivity contribution is 7.15. The van der Waals surface area contributed by atoms with Gasteiger partial charge in [-0.15, -0.1) is 11.3 Å². The van der Waals surface area contributed by atoms with Gasteiger partial charge < -0.3 is 4.57 Å². The van der Waals surface area contributed by atoms with Gasteiger partial charge in [0, 0.05) is 26.4 Å². The maximum atomic E-state index is 13.6. The first kappa shape index (κ1) is 22.0. The van der Waals surface area contributed by atoms with E-state index in [1.165, 1.54) is 29.5 Å². The van der Waals surface area contributed by atoms with Crippen LogP contribution in [0.15, 0.2) is 54.6 Å². The van der Waals surface area contributed by atoms with E-state index in [-0.39, 0.29) is 11.9 Å². The summed E-state index contributed by atoms with van der Waals surface area (Å²) in [6.45, 7) is 9.00. The molecule has 0 amide bonds. The summed E-state index contributed by atoms with van der Waals surface area (Å²) < 4.78 is 81.6. The van der Waals surface area contributed by atoms with Gasteiger partial charge in [-0.25, -0.2) is 4.85 Å². The van der Waals surface area contributed by atoms with Crippen molar-refractivity contribution in [3.63, 3.8) is 0 Å². The van der Waals surface area contributed by atoms with Gasteiger partial charge in [0.05, 0.1) is 24.2 Å². The van der Waals surface area contributed by atoms with Crippen LogP contribution in [0.1, 0.15) is 21.7 Å². The Kier molecular flexibility index (Phi) is 5.29. The Morgan fingerprint density at radius 2 is 1.69 bits per heavy atom. The zero-order valence-corrected chi connectivity index (χ0v) is 17.3. The molecule has 0 radical (unpaired) electrons. The second-order valence-electron chi connectivity index (χ2n) is 7.22. The summed E-state index contributed by atoms with van der Waals surface area (Å²) in [5, 5.41) is -0.0434. The number of rotatable bonds is 3. The van der Waals surface area contributed by atoms with Crippen molar-refractivity contribution < 1.29 is 26.3 Å². The predicted molar refractivity (Wildman–Crippen MR) is 112 cm³/mol. The van der Waals surface area contributed by atoms with E-state index in [4.69, 9.17) is 6.57 Å². The number of alkyl halides is 6. The lowest BCUT2D eigenvalue weighted by molar-refractivity contribution is -0.137. The summed E-state index contributed by atoms with van der Waals surface area (Å²) in [7, 11) is 0. The molecule has 2 nitrogen and oxygen atoms in total. The zero-order chi connectivity index (χ0) is 23.3. The van der Waals surface area contributed by atoms with Crippen molar-refractivity contribution in [3.05, 3.63) is 87.7 Å². The Balaban J connectivity index is 1.73. The van der Waals surface area contributed by atoms with Crippen molar-refractivity contribution >= 4 is 27.9 Å². The fraction of sp³-hybridized carbons (Fsp3) is 0.174. The van der Waals surface area contributed by atoms with Gasteiger partial charge >= 0.3 is 12.4 Å². The molecule has 0 fully saturated rings. The molecule has 0 aliphatic heterocycles. The number of hydrogen-bond donors (Lipinski definition) is 0. The third-order valence-corrected chi connectivity index (χ3v) is 6.24. The number of benzene rings is 2. The number of hydrogen-bond acceptors (Lipinski definition) is 1. The molecule has 4 rings (SSSR count).